The van der Waals surface area contributed by atoms with Crippen molar-refractivity contribution in [1.82, 2.24) is 15.2 Å². The van der Waals surface area contributed by atoms with Gasteiger partial charge in [-0.25, -0.2) is 0 Å². The first-order valence-electron chi connectivity index (χ1n) is 10.1. The SMILES string of the molecule is COC1(CNC(=O)c2c(C)ccn(Cc3ccc4c(c3)OCO4)c2=O)CCNCC1.Cl. The van der Waals surface area contributed by atoms with Gasteiger partial charge in [0.25, 0.3) is 11.5 Å². The Morgan fingerprint density at radius 2 is 1.97 bits per heavy atom. The number of ether oxygens (including phenoxy) is 3. The Hall–Kier alpha value is -2.55. The van der Waals surface area contributed by atoms with Gasteiger partial charge >= 0.3 is 0 Å². The van der Waals surface area contributed by atoms with E-state index in [1.807, 2.05) is 18.2 Å². The van der Waals surface area contributed by atoms with Crippen LogP contribution in [0.2, 0.25) is 0 Å². The number of aromatic nitrogens is 1. The van der Waals surface area contributed by atoms with Crippen LogP contribution in [-0.4, -0.2) is 49.6 Å². The molecule has 31 heavy (non-hydrogen) atoms. The molecule has 0 atom stereocenters. The summed E-state index contributed by atoms with van der Waals surface area (Å²) in [5, 5.41) is 6.22. The van der Waals surface area contributed by atoms with Gasteiger partial charge in [0.2, 0.25) is 6.79 Å². The Balaban J connectivity index is 0.00000272. The summed E-state index contributed by atoms with van der Waals surface area (Å²) in [6, 6.07) is 7.36. The molecule has 2 N–H and O–H groups in total. The van der Waals surface area contributed by atoms with Crippen LogP contribution in [0.15, 0.2) is 35.3 Å². The third-order valence-corrected chi connectivity index (χ3v) is 5.91. The minimum Gasteiger partial charge on any atom is -0.454 e. The third kappa shape index (κ3) is 4.87. The molecule has 0 bridgehead atoms. The summed E-state index contributed by atoms with van der Waals surface area (Å²) in [4.78, 5) is 26.0. The number of piperidine rings is 1. The number of methoxy groups -OCH3 is 1. The molecule has 0 aliphatic carbocycles. The van der Waals surface area contributed by atoms with Crippen molar-refractivity contribution in [3.8, 4) is 11.5 Å². The third-order valence-electron chi connectivity index (χ3n) is 5.91. The Morgan fingerprint density at radius 3 is 2.71 bits per heavy atom. The van der Waals surface area contributed by atoms with E-state index < -0.39 is 5.60 Å². The highest BCUT2D eigenvalue weighted by Crippen LogP contribution is 2.32. The molecule has 1 aromatic heterocycles. The van der Waals surface area contributed by atoms with Crippen LogP contribution >= 0.6 is 12.4 Å². The van der Waals surface area contributed by atoms with Crippen LogP contribution < -0.4 is 25.7 Å². The van der Waals surface area contributed by atoms with E-state index in [1.54, 1.807) is 26.3 Å². The van der Waals surface area contributed by atoms with Crippen LogP contribution in [-0.2, 0) is 11.3 Å². The molecule has 1 fully saturated rings. The zero-order valence-electron chi connectivity index (χ0n) is 17.7. The molecule has 1 aromatic carbocycles. The van der Waals surface area contributed by atoms with Crippen LogP contribution in [0.1, 0.15) is 34.3 Å². The number of nitrogens with one attached hydrogen (secondary N) is 2. The average molecular weight is 450 g/mol. The molecule has 0 radical (unpaired) electrons. The number of fused-ring (bicyclic) bond motifs is 1. The molecule has 2 aliphatic heterocycles. The molecule has 2 aliphatic rings. The fourth-order valence-corrected chi connectivity index (χ4v) is 3.97. The molecule has 0 saturated carbocycles. The number of halogens is 1. The van der Waals surface area contributed by atoms with E-state index in [9.17, 15) is 9.59 Å². The molecular weight excluding hydrogens is 422 g/mol. The van der Waals surface area contributed by atoms with E-state index in [2.05, 4.69) is 10.6 Å². The Labute approximate surface area is 187 Å². The van der Waals surface area contributed by atoms with Gasteiger partial charge in [0.15, 0.2) is 11.5 Å². The first kappa shape index (κ1) is 23.1. The number of nitrogens with zero attached hydrogens (tertiary/aromatic N) is 1. The van der Waals surface area contributed by atoms with Gasteiger partial charge in [0.1, 0.15) is 5.56 Å². The van der Waals surface area contributed by atoms with Gasteiger partial charge in [0, 0.05) is 19.9 Å². The number of carbonyl (C=O) groups is 1. The van der Waals surface area contributed by atoms with E-state index >= 15 is 0 Å². The fourth-order valence-electron chi connectivity index (χ4n) is 3.97. The number of amides is 1. The number of hydrogen-bond donors (Lipinski definition) is 2. The number of carbonyl (C=O) groups excluding carboxylic acids is 1. The Kier molecular flexibility index (Phi) is 7.25. The highest BCUT2D eigenvalue weighted by Gasteiger charge is 2.32. The monoisotopic (exact) mass is 449 g/mol. The van der Waals surface area contributed by atoms with Gasteiger partial charge < -0.3 is 29.4 Å². The van der Waals surface area contributed by atoms with Gasteiger partial charge in [-0.15, -0.1) is 12.4 Å². The molecule has 168 valence electrons. The Morgan fingerprint density at radius 1 is 1.23 bits per heavy atom. The van der Waals surface area contributed by atoms with Gasteiger partial charge in [0.05, 0.1) is 12.1 Å². The molecule has 9 heteroatoms. The zero-order chi connectivity index (χ0) is 21.1. The van der Waals surface area contributed by atoms with Crippen LogP contribution in [0, 0.1) is 6.92 Å². The highest BCUT2D eigenvalue weighted by molar-refractivity contribution is 5.95. The second kappa shape index (κ2) is 9.72. The van der Waals surface area contributed by atoms with Crippen LogP contribution in [0.4, 0.5) is 0 Å². The van der Waals surface area contributed by atoms with Gasteiger partial charge in [-0.2, -0.15) is 0 Å². The second-order valence-corrected chi connectivity index (χ2v) is 7.81. The first-order valence-corrected chi connectivity index (χ1v) is 10.1. The van der Waals surface area contributed by atoms with Crippen LogP contribution in [0.25, 0.3) is 0 Å². The van der Waals surface area contributed by atoms with E-state index in [0.29, 0.717) is 30.2 Å². The summed E-state index contributed by atoms with van der Waals surface area (Å²) in [5.74, 6) is 0.991. The molecule has 4 rings (SSSR count). The van der Waals surface area contributed by atoms with E-state index in [1.165, 1.54) is 4.57 Å². The van der Waals surface area contributed by atoms with E-state index in [0.717, 1.165) is 31.5 Å². The lowest BCUT2D eigenvalue weighted by molar-refractivity contribution is -0.0313. The highest BCUT2D eigenvalue weighted by atomic mass is 35.5. The van der Waals surface area contributed by atoms with Crippen molar-refractivity contribution in [2.45, 2.75) is 31.9 Å². The summed E-state index contributed by atoms with van der Waals surface area (Å²) < 4.78 is 18.0. The van der Waals surface area contributed by atoms with Crippen molar-refractivity contribution in [3.05, 3.63) is 57.5 Å². The van der Waals surface area contributed by atoms with Crippen molar-refractivity contribution < 1.29 is 19.0 Å². The number of hydrogen-bond acceptors (Lipinski definition) is 6. The Bertz CT molecular complexity index is 1000. The van der Waals surface area contributed by atoms with Crippen LogP contribution in [0.3, 0.4) is 0 Å². The van der Waals surface area contributed by atoms with Crippen molar-refractivity contribution in [2.24, 2.45) is 0 Å². The standard InChI is InChI=1S/C22H27N3O5.ClH/c1-15-5-10-25(12-16-3-4-17-18(11-16)30-14-29-17)21(27)19(15)20(26)24-13-22(28-2)6-8-23-9-7-22;/h3-5,10-11,23H,6-9,12-14H2,1-2H3,(H,24,26);1H. The molecule has 0 spiro atoms. The predicted molar refractivity (Wildman–Crippen MR) is 119 cm³/mol. The summed E-state index contributed by atoms with van der Waals surface area (Å²) in [6.07, 6.45) is 3.33. The lowest BCUT2D eigenvalue weighted by Gasteiger charge is -2.36. The molecule has 1 amide bonds. The molecule has 2 aromatic rings. The lowest BCUT2D eigenvalue weighted by atomic mass is 9.92. The number of pyridine rings is 1. The summed E-state index contributed by atoms with van der Waals surface area (Å²) >= 11 is 0. The second-order valence-electron chi connectivity index (χ2n) is 7.81. The van der Waals surface area contributed by atoms with Gasteiger partial charge in [-0.3, -0.25) is 9.59 Å². The van der Waals surface area contributed by atoms with Crippen molar-refractivity contribution >= 4 is 18.3 Å². The summed E-state index contributed by atoms with van der Waals surface area (Å²) in [6.45, 7) is 4.38. The zero-order valence-corrected chi connectivity index (χ0v) is 18.5. The van der Waals surface area contributed by atoms with Crippen molar-refractivity contribution in [3.63, 3.8) is 0 Å². The maximum Gasteiger partial charge on any atom is 0.263 e. The average Bonchev–Trinajstić information content (AvgIpc) is 3.23. The topological polar surface area (TPSA) is 90.8 Å². The van der Waals surface area contributed by atoms with Crippen molar-refractivity contribution in [2.75, 3.05) is 33.5 Å². The number of aryl methyl sites for hydroxylation is 1. The summed E-state index contributed by atoms with van der Waals surface area (Å²) in [5.41, 5.74) is 0.996. The van der Waals surface area contributed by atoms with Gasteiger partial charge in [-0.05, 0) is 62.2 Å². The summed E-state index contributed by atoms with van der Waals surface area (Å²) in [7, 11) is 1.67. The number of rotatable bonds is 6. The predicted octanol–water partition coefficient (Wildman–Crippen LogP) is 1.85. The normalized spacial score (nSPS) is 16.5. The van der Waals surface area contributed by atoms with Gasteiger partial charge in [-0.1, -0.05) is 6.07 Å². The smallest absolute Gasteiger partial charge is 0.263 e. The minimum atomic E-state index is -0.394. The fraction of sp³-hybridized carbons (Fsp3) is 0.455. The molecular formula is C22H28ClN3O5. The lowest BCUT2D eigenvalue weighted by Crippen LogP contribution is -2.51. The quantitative estimate of drug-likeness (QED) is 0.699. The molecule has 8 nitrogen and oxygen atoms in total. The first-order chi connectivity index (χ1) is 14.5. The maximum absolute atomic E-state index is 13.1. The molecule has 1 saturated heterocycles. The van der Waals surface area contributed by atoms with E-state index in [-0.39, 0.29) is 36.2 Å². The van der Waals surface area contributed by atoms with Crippen molar-refractivity contribution in [1.29, 1.82) is 0 Å². The largest absolute Gasteiger partial charge is 0.454 e. The molecule has 3 heterocycles. The van der Waals surface area contributed by atoms with E-state index in [4.69, 9.17) is 14.2 Å². The van der Waals surface area contributed by atoms with Crippen LogP contribution in [0.5, 0.6) is 11.5 Å². The maximum atomic E-state index is 13.1. The minimum absolute atomic E-state index is 0. The molecule has 0 unspecified atom stereocenters. The number of benzene rings is 1.